The molecule has 34 heavy (non-hydrogen) atoms. The number of ether oxygens (including phenoxy) is 1. The van der Waals surface area contributed by atoms with Crippen LogP contribution in [0.5, 0.6) is 0 Å². The number of imidazole rings is 1. The zero-order valence-electron chi connectivity index (χ0n) is 19.8. The van der Waals surface area contributed by atoms with Gasteiger partial charge >= 0.3 is 11.7 Å². The molecular weight excluding hydrogens is 432 g/mol. The first-order chi connectivity index (χ1) is 16.1. The number of aryl methyl sites for hydroxylation is 1. The summed E-state index contributed by atoms with van der Waals surface area (Å²) in [5.74, 6) is 0. The highest BCUT2D eigenvalue weighted by Gasteiger charge is 2.26. The van der Waals surface area contributed by atoms with Gasteiger partial charge in [0.25, 0.3) is 0 Å². The second kappa shape index (κ2) is 8.20. The number of fused-ring (bicyclic) bond motifs is 2. The number of alkyl carbamates (subject to hydrolysis) is 1. The van der Waals surface area contributed by atoms with Gasteiger partial charge in [0.2, 0.25) is 0 Å². The number of hydrogen-bond acceptors (Lipinski definition) is 6. The molecule has 1 N–H and O–H groups in total. The maximum Gasteiger partial charge on any atom is 0.407 e. The number of nitrogens with zero attached hydrogens (tertiary/aromatic N) is 3. The summed E-state index contributed by atoms with van der Waals surface area (Å²) in [7, 11) is 0. The summed E-state index contributed by atoms with van der Waals surface area (Å²) in [6.45, 7) is 8.99. The van der Waals surface area contributed by atoms with E-state index in [1.165, 1.54) is 0 Å². The van der Waals surface area contributed by atoms with Crippen LogP contribution in [-0.4, -0.2) is 40.2 Å². The standard InChI is InChI=1S/C26H28N4O4/c1-16-5-8-23-28-21(15-30(23)13-16)20-11-17-6-7-19(12-22(17)33-24(20)31)29-10-9-18(14-29)27-25(32)34-26(2,3)4/h5-8,11-13,15,18H,9-10,14H2,1-4H3,(H,27,32). The Balaban J connectivity index is 1.36. The average molecular weight is 461 g/mol. The summed E-state index contributed by atoms with van der Waals surface area (Å²) in [5, 5.41) is 3.76. The summed E-state index contributed by atoms with van der Waals surface area (Å²) < 4.78 is 13.0. The third-order valence-corrected chi connectivity index (χ3v) is 5.87. The minimum Gasteiger partial charge on any atom is -0.444 e. The summed E-state index contributed by atoms with van der Waals surface area (Å²) in [4.78, 5) is 31.6. The fourth-order valence-corrected chi connectivity index (χ4v) is 4.29. The lowest BCUT2D eigenvalue weighted by Gasteiger charge is -2.22. The highest BCUT2D eigenvalue weighted by Crippen LogP contribution is 2.27. The number of rotatable bonds is 3. The number of amides is 1. The molecule has 1 saturated heterocycles. The van der Waals surface area contributed by atoms with Crippen molar-refractivity contribution in [2.45, 2.75) is 45.8 Å². The second-order valence-electron chi connectivity index (χ2n) is 9.85. The number of carbonyl (C=O) groups excluding carboxylic acids is 1. The zero-order chi connectivity index (χ0) is 24.0. The molecule has 176 valence electrons. The molecule has 5 rings (SSSR count). The second-order valence-corrected chi connectivity index (χ2v) is 9.85. The molecule has 0 spiro atoms. The lowest BCUT2D eigenvalue weighted by atomic mass is 10.1. The highest BCUT2D eigenvalue weighted by molar-refractivity contribution is 5.84. The van der Waals surface area contributed by atoms with Gasteiger partial charge in [-0.2, -0.15) is 0 Å². The molecule has 1 aliphatic rings. The number of anilines is 1. The lowest BCUT2D eigenvalue weighted by Crippen LogP contribution is -2.40. The first-order valence-corrected chi connectivity index (χ1v) is 11.4. The van der Waals surface area contributed by atoms with Crippen molar-refractivity contribution in [3.05, 3.63) is 64.8 Å². The Hall–Kier alpha value is -3.81. The fourth-order valence-electron chi connectivity index (χ4n) is 4.29. The van der Waals surface area contributed by atoms with Gasteiger partial charge in [0.1, 0.15) is 16.8 Å². The van der Waals surface area contributed by atoms with Crippen molar-refractivity contribution in [2.75, 3.05) is 18.0 Å². The number of hydrogen-bond donors (Lipinski definition) is 1. The number of aromatic nitrogens is 2. The predicted molar refractivity (Wildman–Crippen MR) is 131 cm³/mol. The fraction of sp³-hybridized carbons (Fsp3) is 0.346. The molecule has 1 atom stereocenters. The van der Waals surface area contributed by atoms with Crippen LogP contribution in [0.15, 0.2) is 58.0 Å². The molecule has 1 amide bonds. The van der Waals surface area contributed by atoms with E-state index in [1.807, 2.05) is 80.9 Å². The van der Waals surface area contributed by atoms with Crippen LogP contribution < -0.4 is 15.8 Å². The van der Waals surface area contributed by atoms with E-state index < -0.39 is 17.3 Å². The van der Waals surface area contributed by atoms with E-state index >= 15 is 0 Å². The van der Waals surface area contributed by atoms with E-state index in [0.717, 1.165) is 35.2 Å². The van der Waals surface area contributed by atoms with E-state index in [-0.39, 0.29) is 6.04 Å². The van der Waals surface area contributed by atoms with Crippen molar-refractivity contribution in [3.8, 4) is 11.3 Å². The third-order valence-electron chi connectivity index (χ3n) is 5.87. The van der Waals surface area contributed by atoms with Crippen LogP contribution in [0, 0.1) is 6.92 Å². The lowest BCUT2D eigenvalue weighted by molar-refractivity contribution is 0.0509. The molecule has 0 bridgehead atoms. The van der Waals surface area contributed by atoms with Crippen LogP contribution in [0.2, 0.25) is 0 Å². The van der Waals surface area contributed by atoms with Gasteiger partial charge in [0, 0.05) is 42.6 Å². The van der Waals surface area contributed by atoms with E-state index in [0.29, 0.717) is 23.4 Å². The first kappa shape index (κ1) is 22.0. The van der Waals surface area contributed by atoms with Gasteiger partial charge in [0.15, 0.2) is 0 Å². The van der Waals surface area contributed by atoms with Crippen molar-refractivity contribution in [1.29, 1.82) is 0 Å². The summed E-state index contributed by atoms with van der Waals surface area (Å²) in [6, 6.07) is 11.6. The zero-order valence-corrected chi connectivity index (χ0v) is 19.8. The van der Waals surface area contributed by atoms with Gasteiger partial charge in [-0.1, -0.05) is 6.07 Å². The molecule has 4 aromatic rings. The maximum atomic E-state index is 12.8. The van der Waals surface area contributed by atoms with E-state index in [4.69, 9.17) is 9.15 Å². The molecule has 0 saturated carbocycles. The molecule has 0 radical (unpaired) electrons. The normalized spacial score (nSPS) is 16.4. The van der Waals surface area contributed by atoms with E-state index in [9.17, 15) is 9.59 Å². The Kier molecular flexibility index (Phi) is 5.31. The van der Waals surface area contributed by atoms with Crippen molar-refractivity contribution in [3.63, 3.8) is 0 Å². The molecule has 1 aliphatic heterocycles. The van der Waals surface area contributed by atoms with Crippen LogP contribution in [0.25, 0.3) is 27.9 Å². The van der Waals surface area contributed by atoms with Gasteiger partial charge in [-0.25, -0.2) is 14.6 Å². The number of nitrogens with one attached hydrogen (secondary N) is 1. The van der Waals surface area contributed by atoms with Gasteiger partial charge in [-0.15, -0.1) is 0 Å². The monoisotopic (exact) mass is 460 g/mol. The maximum absolute atomic E-state index is 12.8. The molecule has 1 aromatic carbocycles. The molecule has 1 unspecified atom stereocenters. The van der Waals surface area contributed by atoms with Crippen LogP contribution >= 0.6 is 0 Å². The molecule has 8 heteroatoms. The Morgan fingerprint density at radius 3 is 2.79 bits per heavy atom. The Morgan fingerprint density at radius 1 is 1.18 bits per heavy atom. The summed E-state index contributed by atoms with van der Waals surface area (Å²) in [5.41, 5.74) is 3.42. The highest BCUT2D eigenvalue weighted by atomic mass is 16.6. The third kappa shape index (κ3) is 4.48. The molecule has 8 nitrogen and oxygen atoms in total. The molecule has 0 aliphatic carbocycles. The number of carbonyl (C=O) groups is 1. The van der Waals surface area contributed by atoms with Crippen molar-refractivity contribution < 1.29 is 13.9 Å². The molecule has 4 heterocycles. The number of pyridine rings is 1. The quantitative estimate of drug-likeness (QED) is 0.452. The Labute approximate surface area is 197 Å². The molecular formula is C26H28N4O4. The van der Waals surface area contributed by atoms with Crippen molar-refractivity contribution in [2.24, 2.45) is 0 Å². The minimum absolute atomic E-state index is 0.00128. The van der Waals surface area contributed by atoms with Gasteiger partial charge < -0.3 is 23.8 Å². The Morgan fingerprint density at radius 2 is 2.00 bits per heavy atom. The molecule has 3 aromatic heterocycles. The van der Waals surface area contributed by atoms with E-state index in [2.05, 4.69) is 15.2 Å². The predicted octanol–water partition coefficient (Wildman–Crippen LogP) is 4.52. The first-order valence-electron chi connectivity index (χ1n) is 11.4. The van der Waals surface area contributed by atoms with Crippen molar-refractivity contribution in [1.82, 2.24) is 14.7 Å². The smallest absolute Gasteiger partial charge is 0.407 e. The Bertz CT molecular complexity index is 1450. The number of benzene rings is 1. The topological polar surface area (TPSA) is 89.1 Å². The largest absolute Gasteiger partial charge is 0.444 e. The van der Waals surface area contributed by atoms with Gasteiger partial charge in [-0.05, 0) is 63.9 Å². The van der Waals surface area contributed by atoms with E-state index in [1.54, 1.807) is 0 Å². The summed E-state index contributed by atoms with van der Waals surface area (Å²) in [6.07, 6.45) is 4.23. The van der Waals surface area contributed by atoms with Gasteiger partial charge in [-0.3, -0.25) is 0 Å². The summed E-state index contributed by atoms with van der Waals surface area (Å²) >= 11 is 0. The van der Waals surface area contributed by atoms with Crippen LogP contribution in [0.3, 0.4) is 0 Å². The molecule has 1 fully saturated rings. The SMILES string of the molecule is Cc1ccc2nc(-c3cc4ccc(N5CCC(NC(=O)OC(C)(C)C)C5)cc4oc3=O)cn2c1. The van der Waals surface area contributed by atoms with Crippen LogP contribution in [-0.2, 0) is 4.74 Å². The van der Waals surface area contributed by atoms with Crippen molar-refractivity contribution >= 4 is 28.4 Å². The minimum atomic E-state index is -0.528. The van der Waals surface area contributed by atoms with Gasteiger partial charge in [0.05, 0.1) is 17.3 Å². The van der Waals surface area contributed by atoms with Crippen LogP contribution in [0.1, 0.15) is 32.8 Å². The van der Waals surface area contributed by atoms with Crippen LogP contribution in [0.4, 0.5) is 10.5 Å². The average Bonchev–Trinajstić information content (AvgIpc) is 3.38.